The molecule has 0 bridgehead atoms. The smallest absolute Gasteiger partial charge is 0.322 e. The van der Waals surface area contributed by atoms with Crippen LogP contribution < -0.4 is 5.32 Å². The van der Waals surface area contributed by atoms with Gasteiger partial charge in [-0.15, -0.1) is 0 Å². The summed E-state index contributed by atoms with van der Waals surface area (Å²) in [5.41, 5.74) is 0. The lowest BCUT2D eigenvalue weighted by Crippen LogP contribution is -2.40. The predicted octanol–water partition coefficient (Wildman–Crippen LogP) is 0.898. The topological polar surface area (TPSA) is 67.2 Å². The normalized spacial score (nSPS) is 12.6. The highest BCUT2D eigenvalue weighted by molar-refractivity contribution is 5.73. The molecule has 1 unspecified atom stereocenters. The maximum absolute atomic E-state index is 11.0. The molecule has 2 N–H and O–H groups in total. The first-order chi connectivity index (χ1) is 7.69. The lowest BCUT2D eigenvalue weighted by Gasteiger charge is -2.15. The van der Waals surface area contributed by atoms with Crippen LogP contribution in [0.4, 0.5) is 0 Å². The summed E-state index contributed by atoms with van der Waals surface area (Å²) in [6, 6.07) is -0.542. The Morgan fingerprint density at radius 1 is 1.62 bits per heavy atom. The van der Waals surface area contributed by atoms with E-state index in [-0.39, 0.29) is 0 Å². The van der Waals surface area contributed by atoms with E-state index in [9.17, 15) is 4.79 Å². The van der Waals surface area contributed by atoms with Crippen molar-refractivity contribution < 1.29 is 9.90 Å². The average Bonchev–Trinajstić information content (AvgIpc) is 2.70. The maximum atomic E-state index is 11.0. The van der Waals surface area contributed by atoms with Crippen molar-refractivity contribution >= 4 is 5.97 Å². The van der Waals surface area contributed by atoms with Crippen LogP contribution in [0.15, 0.2) is 12.4 Å². The van der Waals surface area contributed by atoms with Crippen LogP contribution in [-0.2, 0) is 17.8 Å². The highest BCUT2D eigenvalue weighted by Crippen LogP contribution is 2.01. The Bertz CT molecular complexity index is 336. The second-order valence-electron chi connectivity index (χ2n) is 3.69. The van der Waals surface area contributed by atoms with Gasteiger partial charge < -0.3 is 15.0 Å². The Hall–Kier alpha value is -1.36. The zero-order chi connectivity index (χ0) is 12.0. The number of aromatic nitrogens is 2. The lowest BCUT2D eigenvalue weighted by atomic mass is 10.2. The number of nitrogens with one attached hydrogen (secondary N) is 1. The third kappa shape index (κ3) is 3.34. The summed E-state index contributed by atoms with van der Waals surface area (Å²) < 4.78 is 1.89. The van der Waals surface area contributed by atoms with Crippen LogP contribution in [0.3, 0.4) is 0 Å². The summed E-state index contributed by atoms with van der Waals surface area (Å²) in [6.45, 7) is 5.17. The Labute approximate surface area is 95.5 Å². The van der Waals surface area contributed by atoms with E-state index < -0.39 is 12.0 Å². The first-order valence-electron chi connectivity index (χ1n) is 5.65. The number of carboxylic acids is 1. The standard InChI is InChI=1S/C11H19N3O2/c1-3-5-12-9(11(15)16)8-14-7-6-13-10(14)4-2/h6-7,9,12H,3-5,8H2,1-2H3,(H,15,16). The number of imidazole rings is 1. The minimum Gasteiger partial charge on any atom is -0.480 e. The Kier molecular flexibility index (Phi) is 4.98. The van der Waals surface area contributed by atoms with Crippen molar-refractivity contribution in [1.29, 1.82) is 0 Å². The van der Waals surface area contributed by atoms with E-state index in [2.05, 4.69) is 10.3 Å². The van der Waals surface area contributed by atoms with E-state index in [1.807, 2.05) is 24.6 Å². The number of carboxylic acid groups (broad SMARTS) is 1. The van der Waals surface area contributed by atoms with Gasteiger partial charge in [-0.1, -0.05) is 13.8 Å². The van der Waals surface area contributed by atoms with Crippen molar-refractivity contribution in [1.82, 2.24) is 14.9 Å². The van der Waals surface area contributed by atoms with Crippen LogP contribution in [0.2, 0.25) is 0 Å². The van der Waals surface area contributed by atoms with Crippen LogP contribution in [0.5, 0.6) is 0 Å². The number of hydrogen-bond acceptors (Lipinski definition) is 3. The van der Waals surface area contributed by atoms with Crippen LogP contribution in [-0.4, -0.2) is 33.2 Å². The summed E-state index contributed by atoms with van der Waals surface area (Å²) in [7, 11) is 0. The van der Waals surface area contributed by atoms with E-state index in [0.717, 1.165) is 18.7 Å². The zero-order valence-corrected chi connectivity index (χ0v) is 9.81. The first-order valence-corrected chi connectivity index (χ1v) is 5.65. The molecule has 5 nitrogen and oxygen atoms in total. The molecule has 0 aliphatic rings. The number of aliphatic carboxylic acids is 1. The fourth-order valence-electron chi connectivity index (χ4n) is 1.57. The Balaban J connectivity index is 2.64. The summed E-state index contributed by atoms with van der Waals surface area (Å²) in [5, 5.41) is 12.1. The van der Waals surface area contributed by atoms with Crippen molar-refractivity contribution in [3.8, 4) is 0 Å². The average molecular weight is 225 g/mol. The highest BCUT2D eigenvalue weighted by Gasteiger charge is 2.17. The van der Waals surface area contributed by atoms with Crippen LogP contribution in [0.25, 0.3) is 0 Å². The van der Waals surface area contributed by atoms with E-state index in [1.165, 1.54) is 0 Å². The molecule has 0 fully saturated rings. The van der Waals surface area contributed by atoms with Gasteiger partial charge in [0.15, 0.2) is 0 Å². The minimum absolute atomic E-state index is 0.429. The Morgan fingerprint density at radius 3 is 2.94 bits per heavy atom. The number of nitrogens with zero attached hydrogens (tertiary/aromatic N) is 2. The fraction of sp³-hybridized carbons (Fsp3) is 0.636. The number of aryl methyl sites for hydroxylation is 1. The van der Waals surface area contributed by atoms with Crippen molar-refractivity contribution in [3.63, 3.8) is 0 Å². The Morgan fingerprint density at radius 2 is 2.38 bits per heavy atom. The van der Waals surface area contributed by atoms with Gasteiger partial charge in [0.05, 0.1) is 0 Å². The first kappa shape index (κ1) is 12.7. The van der Waals surface area contributed by atoms with E-state index in [0.29, 0.717) is 13.1 Å². The monoisotopic (exact) mass is 225 g/mol. The van der Waals surface area contributed by atoms with Crippen LogP contribution >= 0.6 is 0 Å². The van der Waals surface area contributed by atoms with Crippen molar-refractivity contribution in [2.45, 2.75) is 39.3 Å². The molecule has 1 aromatic heterocycles. The molecular formula is C11H19N3O2. The van der Waals surface area contributed by atoms with Gasteiger partial charge in [-0.2, -0.15) is 0 Å². The van der Waals surface area contributed by atoms with E-state index >= 15 is 0 Å². The molecule has 90 valence electrons. The van der Waals surface area contributed by atoms with Crippen molar-refractivity contribution in [3.05, 3.63) is 18.2 Å². The summed E-state index contributed by atoms with van der Waals surface area (Å²) in [6.07, 6.45) is 5.27. The predicted molar refractivity (Wildman–Crippen MR) is 61.3 cm³/mol. The molecule has 0 saturated carbocycles. The van der Waals surface area contributed by atoms with Crippen molar-refractivity contribution in [2.24, 2.45) is 0 Å². The zero-order valence-electron chi connectivity index (χ0n) is 9.81. The maximum Gasteiger partial charge on any atom is 0.322 e. The second kappa shape index (κ2) is 6.27. The summed E-state index contributed by atoms with van der Waals surface area (Å²) in [5.74, 6) is 0.105. The molecule has 0 aliphatic heterocycles. The van der Waals surface area contributed by atoms with Gasteiger partial charge in [0, 0.05) is 25.4 Å². The molecule has 1 atom stereocenters. The van der Waals surface area contributed by atoms with Gasteiger partial charge in [0.25, 0.3) is 0 Å². The van der Waals surface area contributed by atoms with Crippen LogP contribution in [0, 0.1) is 0 Å². The lowest BCUT2D eigenvalue weighted by molar-refractivity contribution is -0.139. The second-order valence-corrected chi connectivity index (χ2v) is 3.69. The molecule has 5 heteroatoms. The molecular weight excluding hydrogens is 206 g/mol. The number of rotatable bonds is 7. The van der Waals surface area contributed by atoms with Gasteiger partial charge >= 0.3 is 5.97 Å². The molecule has 0 spiro atoms. The van der Waals surface area contributed by atoms with Gasteiger partial charge in [-0.05, 0) is 13.0 Å². The number of hydrogen-bond donors (Lipinski definition) is 2. The highest BCUT2D eigenvalue weighted by atomic mass is 16.4. The van der Waals surface area contributed by atoms with Gasteiger partial charge in [0.1, 0.15) is 11.9 Å². The molecule has 16 heavy (non-hydrogen) atoms. The molecule has 0 aromatic carbocycles. The third-order valence-corrected chi connectivity index (χ3v) is 2.44. The molecule has 0 radical (unpaired) electrons. The fourth-order valence-corrected chi connectivity index (χ4v) is 1.57. The molecule has 0 saturated heterocycles. The van der Waals surface area contributed by atoms with Crippen molar-refractivity contribution in [2.75, 3.05) is 6.54 Å². The summed E-state index contributed by atoms with van der Waals surface area (Å²) in [4.78, 5) is 15.2. The van der Waals surface area contributed by atoms with Gasteiger partial charge in [-0.3, -0.25) is 4.79 Å². The molecule has 1 rings (SSSR count). The van der Waals surface area contributed by atoms with E-state index in [1.54, 1.807) is 6.20 Å². The molecule has 0 amide bonds. The third-order valence-electron chi connectivity index (χ3n) is 2.44. The number of carbonyl (C=O) groups is 1. The summed E-state index contributed by atoms with van der Waals surface area (Å²) >= 11 is 0. The quantitative estimate of drug-likeness (QED) is 0.723. The molecule has 1 heterocycles. The SMILES string of the molecule is CCCNC(Cn1ccnc1CC)C(=O)O. The van der Waals surface area contributed by atoms with Gasteiger partial charge in [0.2, 0.25) is 0 Å². The van der Waals surface area contributed by atoms with Gasteiger partial charge in [-0.25, -0.2) is 4.98 Å². The molecule has 0 aliphatic carbocycles. The van der Waals surface area contributed by atoms with Crippen LogP contribution in [0.1, 0.15) is 26.1 Å². The largest absolute Gasteiger partial charge is 0.480 e. The van der Waals surface area contributed by atoms with E-state index in [4.69, 9.17) is 5.11 Å². The molecule has 1 aromatic rings. The minimum atomic E-state index is -0.816.